The highest BCUT2D eigenvalue weighted by Gasteiger charge is 2.23. The van der Waals surface area contributed by atoms with E-state index >= 15 is 0 Å². The van der Waals surface area contributed by atoms with E-state index in [1.54, 1.807) is 0 Å². The van der Waals surface area contributed by atoms with Gasteiger partial charge in [0.15, 0.2) is 0 Å². The van der Waals surface area contributed by atoms with Crippen LogP contribution in [0, 0.1) is 6.92 Å². The lowest BCUT2D eigenvalue weighted by molar-refractivity contribution is 0.761. The summed E-state index contributed by atoms with van der Waals surface area (Å²) < 4.78 is 0. The van der Waals surface area contributed by atoms with Gasteiger partial charge >= 0.3 is 0 Å². The lowest BCUT2D eigenvalue weighted by Gasteiger charge is -2.18. The molecule has 0 radical (unpaired) electrons. The number of nitrogens with two attached hydrogens (primary N) is 1. The number of nitrogen functional groups attached to an aromatic ring is 1. The zero-order valence-electron chi connectivity index (χ0n) is 10.9. The van der Waals surface area contributed by atoms with Crippen LogP contribution in [0.2, 0.25) is 5.02 Å². The third-order valence-electron chi connectivity index (χ3n) is 3.79. The number of para-hydroxylation sites is 1. The lowest BCUT2D eigenvalue weighted by atomic mass is 10.1. The summed E-state index contributed by atoms with van der Waals surface area (Å²) >= 11 is 6.28. The maximum Gasteiger partial charge on any atom is 0.0640 e. The molecule has 3 rings (SSSR count). The standard InChI is InChI=1S/C16H17ClN2/c1-10-3-2-4-14(17)16(10)19-15-8-5-11-9-12(18)6-7-13(11)15/h2-4,6-7,9,15,19H,5,8,18H2,1H3. The van der Waals surface area contributed by atoms with E-state index in [0.717, 1.165) is 29.2 Å². The molecule has 0 bridgehead atoms. The summed E-state index contributed by atoms with van der Waals surface area (Å²) in [7, 11) is 0. The average Bonchev–Trinajstić information content (AvgIpc) is 2.76. The van der Waals surface area contributed by atoms with Gasteiger partial charge in [0.25, 0.3) is 0 Å². The van der Waals surface area contributed by atoms with Crippen molar-refractivity contribution in [1.29, 1.82) is 0 Å². The van der Waals surface area contributed by atoms with Crippen LogP contribution in [0.3, 0.4) is 0 Å². The molecule has 0 amide bonds. The zero-order chi connectivity index (χ0) is 13.4. The van der Waals surface area contributed by atoms with E-state index in [0.29, 0.717) is 6.04 Å². The first kappa shape index (κ1) is 12.4. The summed E-state index contributed by atoms with van der Waals surface area (Å²) in [6, 6.07) is 12.5. The average molecular weight is 273 g/mol. The molecule has 2 nitrogen and oxygen atoms in total. The summed E-state index contributed by atoms with van der Waals surface area (Å²) in [6.45, 7) is 2.08. The number of benzene rings is 2. The van der Waals surface area contributed by atoms with Crippen molar-refractivity contribution < 1.29 is 0 Å². The second-order valence-corrected chi connectivity index (χ2v) is 5.53. The number of hydrogen-bond acceptors (Lipinski definition) is 2. The van der Waals surface area contributed by atoms with Gasteiger partial charge in [-0.25, -0.2) is 0 Å². The normalized spacial score (nSPS) is 17.3. The molecule has 0 saturated carbocycles. The molecule has 0 aromatic heterocycles. The van der Waals surface area contributed by atoms with Crippen LogP contribution in [-0.2, 0) is 6.42 Å². The quantitative estimate of drug-likeness (QED) is 0.799. The van der Waals surface area contributed by atoms with Crippen molar-refractivity contribution in [2.24, 2.45) is 0 Å². The van der Waals surface area contributed by atoms with Crippen LogP contribution < -0.4 is 11.1 Å². The minimum atomic E-state index is 0.328. The van der Waals surface area contributed by atoms with E-state index < -0.39 is 0 Å². The molecular formula is C16H17ClN2. The molecule has 3 heteroatoms. The maximum atomic E-state index is 6.28. The first-order valence-corrected chi connectivity index (χ1v) is 6.93. The molecule has 0 aliphatic heterocycles. The van der Waals surface area contributed by atoms with E-state index in [1.165, 1.54) is 16.7 Å². The summed E-state index contributed by atoms with van der Waals surface area (Å²) in [5.41, 5.74) is 11.6. The van der Waals surface area contributed by atoms with E-state index in [9.17, 15) is 0 Å². The predicted molar refractivity (Wildman–Crippen MR) is 81.7 cm³/mol. The minimum Gasteiger partial charge on any atom is -0.399 e. The van der Waals surface area contributed by atoms with Crippen LogP contribution in [0.15, 0.2) is 36.4 Å². The molecule has 3 N–H and O–H groups in total. The third-order valence-corrected chi connectivity index (χ3v) is 4.10. The van der Waals surface area contributed by atoms with Crippen LogP contribution in [0.5, 0.6) is 0 Å². The van der Waals surface area contributed by atoms with E-state index in [1.807, 2.05) is 18.2 Å². The smallest absolute Gasteiger partial charge is 0.0640 e. The van der Waals surface area contributed by atoms with Gasteiger partial charge in [-0.1, -0.05) is 29.8 Å². The van der Waals surface area contributed by atoms with Gasteiger partial charge < -0.3 is 11.1 Å². The third kappa shape index (κ3) is 2.28. The SMILES string of the molecule is Cc1cccc(Cl)c1NC1CCc2cc(N)ccc21. The monoisotopic (exact) mass is 272 g/mol. The summed E-state index contributed by atoms with van der Waals surface area (Å²) in [4.78, 5) is 0. The van der Waals surface area contributed by atoms with Gasteiger partial charge in [-0.3, -0.25) is 0 Å². The Hall–Kier alpha value is -1.67. The van der Waals surface area contributed by atoms with Gasteiger partial charge in [-0.05, 0) is 54.7 Å². The second-order valence-electron chi connectivity index (χ2n) is 5.13. The van der Waals surface area contributed by atoms with Gasteiger partial charge in [0.2, 0.25) is 0 Å². The van der Waals surface area contributed by atoms with Gasteiger partial charge in [0.1, 0.15) is 0 Å². The van der Waals surface area contributed by atoms with Crippen molar-refractivity contribution in [3.05, 3.63) is 58.1 Å². The highest BCUT2D eigenvalue weighted by molar-refractivity contribution is 6.33. The molecular weight excluding hydrogens is 256 g/mol. The zero-order valence-corrected chi connectivity index (χ0v) is 11.7. The van der Waals surface area contributed by atoms with Crippen LogP contribution in [-0.4, -0.2) is 0 Å². The summed E-state index contributed by atoms with van der Waals surface area (Å²) in [5, 5.41) is 4.36. The Balaban J connectivity index is 1.91. The molecule has 1 aliphatic rings. The Morgan fingerprint density at radius 1 is 1.26 bits per heavy atom. The number of nitrogens with one attached hydrogen (secondary N) is 1. The van der Waals surface area contributed by atoms with Crippen molar-refractivity contribution in [1.82, 2.24) is 0 Å². The molecule has 2 aromatic carbocycles. The molecule has 98 valence electrons. The Labute approximate surface area is 118 Å². The van der Waals surface area contributed by atoms with Crippen LogP contribution in [0.1, 0.15) is 29.2 Å². The fourth-order valence-corrected chi connectivity index (χ4v) is 3.05. The van der Waals surface area contributed by atoms with E-state index in [2.05, 4.69) is 30.4 Å². The van der Waals surface area contributed by atoms with E-state index in [4.69, 9.17) is 17.3 Å². The lowest BCUT2D eigenvalue weighted by Crippen LogP contribution is -2.08. The predicted octanol–water partition coefficient (Wildman–Crippen LogP) is 4.33. The molecule has 2 aromatic rings. The Kier molecular flexibility index (Phi) is 3.11. The topological polar surface area (TPSA) is 38.0 Å². The molecule has 0 heterocycles. The van der Waals surface area contributed by atoms with Crippen molar-refractivity contribution >= 4 is 23.0 Å². The molecule has 1 atom stereocenters. The highest BCUT2D eigenvalue weighted by Crippen LogP contribution is 2.37. The van der Waals surface area contributed by atoms with Crippen molar-refractivity contribution in [3.63, 3.8) is 0 Å². The van der Waals surface area contributed by atoms with E-state index in [-0.39, 0.29) is 0 Å². The number of halogens is 1. The summed E-state index contributed by atoms with van der Waals surface area (Å²) in [5.74, 6) is 0. The number of hydrogen-bond donors (Lipinski definition) is 2. The first-order chi connectivity index (χ1) is 9.15. The Morgan fingerprint density at radius 2 is 2.11 bits per heavy atom. The Bertz CT molecular complexity index is 602. The highest BCUT2D eigenvalue weighted by atomic mass is 35.5. The fraction of sp³-hybridized carbons (Fsp3) is 0.250. The minimum absolute atomic E-state index is 0.328. The number of aryl methyl sites for hydroxylation is 2. The Morgan fingerprint density at radius 3 is 2.89 bits per heavy atom. The molecule has 1 unspecified atom stereocenters. The first-order valence-electron chi connectivity index (χ1n) is 6.55. The fourth-order valence-electron chi connectivity index (χ4n) is 2.78. The van der Waals surface area contributed by atoms with Crippen LogP contribution in [0.4, 0.5) is 11.4 Å². The van der Waals surface area contributed by atoms with Crippen LogP contribution >= 0.6 is 11.6 Å². The molecule has 0 saturated heterocycles. The maximum absolute atomic E-state index is 6.28. The summed E-state index contributed by atoms with van der Waals surface area (Å²) in [6.07, 6.45) is 2.16. The van der Waals surface area contributed by atoms with Gasteiger partial charge in [-0.2, -0.15) is 0 Å². The molecule has 0 spiro atoms. The molecule has 19 heavy (non-hydrogen) atoms. The number of anilines is 2. The van der Waals surface area contributed by atoms with Crippen molar-refractivity contribution in [3.8, 4) is 0 Å². The number of rotatable bonds is 2. The van der Waals surface area contributed by atoms with Gasteiger partial charge in [-0.15, -0.1) is 0 Å². The van der Waals surface area contributed by atoms with Crippen molar-refractivity contribution in [2.45, 2.75) is 25.8 Å². The van der Waals surface area contributed by atoms with Crippen molar-refractivity contribution in [2.75, 3.05) is 11.1 Å². The second kappa shape index (κ2) is 4.78. The van der Waals surface area contributed by atoms with Gasteiger partial charge in [0.05, 0.1) is 16.8 Å². The number of fused-ring (bicyclic) bond motifs is 1. The van der Waals surface area contributed by atoms with Crippen LogP contribution in [0.25, 0.3) is 0 Å². The molecule has 0 fully saturated rings. The van der Waals surface area contributed by atoms with Gasteiger partial charge in [0, 0.05) is 5.69 Å². The largest absolute Gasteiger partial charge is 0.399 e. The molecule has 1 aliphatic carbocycles.